The fourth-order valence-corrected chi connectivity index (χ4v) is 2.96. The Morgan fingerprint density at radius 1 is 1.21 bits per heavy atom. The zero-order chi connectivity index (χ0) is 9.86. The molecule has 0 aliphatic heterocycles. The quantitative estimate of drug-likeness (QED) is 0.751. The molecule has 2 N–H and O–H groups in total. The molecule has 1 saturated carbocycles. The molecule has 1 nitrogen and oxygen atoms in total. The third-order valence-electron chi connectivity index (χ3n) is 2.92. The minimum atomic E-state index is 0.593. The van der Waals surface area contributed by atoms with Crippen LogP contribution in [0.15, 0.2) is 35.2 Å². The molecule has 76 valence electrons. The second-order valence-electron chi connectivity index (χ2n) is 4.14. The van der Waals surface area contributed by atoms with Gasteiger partial charge in [-0.2, -0.15) is 0 Å². The Morgan fingerprint density at radius 2 is 1.93 bits per heavy atom. The van der Waals surface area contributed by atoms with Gasteiger partial charge in [0.2, 0.25) is 0 Å². The molecule has 0 saturated heterocycles. The number of thioether (sulfide) groups is 1. The molecule has 2 rings (SSSR count). The van der Waals surface area contributed by atoms with Crippen molar-refractivity contribution in [1.29, 1.82) is 0 Å². The summed E-state index contributed by atoms with van der Waals surface area (Å²) in [5.74, 6) is 1.24. The van der Waals surface area contributed by atoms with E-state index in [2.05, 4.69) is 30.3 Å². The van der Waals surface area contributed by atoms with Crippen molar-refractivity contribution in [3.8, 4) is 0 Å². The van der Waals surface area contributed by atoms with E-state index in [0.29, 0.717) is 5.41 Å². The molecule has 0 aromatic heterocycles. The lowest BCUT2D eigenvalue weighted by atomic mass is 10.1. The average molecular weight is 207 g/mol. The molecule has 0 radical (unpaired) electrons. The monoisotopic (exact) mass is 207 g/mol. The molecule has 0 spiro atoms. The molecule has 1 fully saturated rings. The summed E-state index contributed by atoms with van der Waals surface area (Å²) in [5.41, 5.74) is 6.21. The van der Waals surface area contributed by atoms with Crippen LogP contribution in [-0.2, 0) is 0 Å². The van der Waals surface area contributed by atoms with Crippen molar-refractivity contribution < 1.29 is 0 Å². The molecule has 1 aromatic carbocycles. The number of nitrogens with two attached hydrogens (primary N) is 1. The molecular formula is C12H17NS. The molecule has 1 aliphatic rings. The molecule has 1 aliphatic carbocycles. The summed E-state index contributed by atoms with van der Waals surface area (Å²) in [5, 5.41) is 0. The lowest BCUT2D eigenvalue weighted by molar-refractivity contribution is 0.537. The zero-order valence-corrected chi connectivity index (χ0v) is 9.22. The van der Waals surface area contributed by atoms with Gasteiger partial charge in [-0.15, -0.1) is 11.8 Å². The molecule has 1 aromatic rings. The summed E-state index contributed by atoms with van der Waals surface area (Å²) in [6, 6.07) is 10.6. The summed E-state index contributed by atoms with van der Waals surface area (Å²) >= 11 is 1.97. The van der Waals surface area contributed by atoms with E-state index in [4.69, 9.17) is 5.73 Å². The van der Waals surface area contributed by atoms with Gasteiger partial charge in [0.25, 0.3) is 0 Å². The Labute approximate surface area is 90.1 Å². The summed E-state index contributed by atoms with van der Waals surface area (Å²) in [7, 11) is 0. The molecule has 14 heavy (non-hydrogen) atoms. The van der Waals surface area contributed by atoms with E-state index in [0.717, 1.165) is 6.54 Å². The SMILES string of the molecule is NCCC1(CSc2ccccc2)CC1. The number of hydrogen-bond acceptors (Lipinski definition) is 2. The zero-order valence-electron chi connectivity index (χ0n) is 8.41. The minimum absolute atomic E-state index is 0.593. The van der Waals surface area contributed by atoms with Crippen LogP contribution in [0.5, 0.6) is 0 Å². The van der Waals surface area contributed by atoms with Gasteiger partial charge in [0.1, 0.15) is 0 Å². The van der Waals surface area contributed by atoms with Gasteiger partial charge < -0.3 is 5.73 Å². The first-order chi connectivity index (χ1) is 6.85. The van der Waals surface area contributed by atoms with Gasteiger partial charge in [0.15, 0.2) is 0 Å². The van der Waals surface area contributed by atoms with Gasteiger partial charge >= 0.3 is 0 Å². The molecule has 0 bridgehead atoms. The van der Waals surface area contributed by atoms with Crippen LogP contribution < -0.4 is 5.73 Å². The normalized spacial score (nSPS) is 18.1. The van der Waals surface area contributed by atoms with Gasteiger partial charge in [-0.05, 0) is 43.4 Å². The summed E-state index contributed by atoms with van der Waals surface area (Å²) in [4.78, 5) is 1.38. The van der Waals surface area contributed by atoms with Crippen LogP contribution in [0.2, 0.25) is 0 Å². The van der Waals surface area contributed by atoms with Crippen LogP contribution in [0.4, 0.5) is 0 Å². The summed E-state index contributed by atoms with van der Waals surface area (Å²) in [6.07, 6.45) is 3.96. The van der Waals surface area contributed by atoms with E-state index >= 15 is 0 Å². The Balaban J connectivity index is 1.83. The molecule has 0 amide bonds. The van der Waals surface area contributed by atoms with Crippen LogP contribution in [0, 0.1) is 5.41 Å². The highest BCUT2D eigenvalue weighted by Gasteiger charge is 2.41. The molecule has 0 heterocycles. The van der Waals surface area contributed by atoms with Crippen molar-refractivity contribution in [2.45, 2.75) is 24.2 Å². The van der Waals surface area contributed by atoms with E-state index in [9.17, 15) is 0 Å². The highest BCUT2D eigenvalue weighted by Crippen LogP contribution is 2.51. The van der Waals surface area contributed by atoms with Crippen LogP contribution >= 0.6 is 11.8 Å². The highest BCUT2D eigenvalue weighted by atomic mass is 32.2. The predicted octanol–water partition coefficient (Wildman–Crippen LogP) is 2.91. The Kier molecular flexibility index (Phi) is 3.14. The second-order valence-corrected chi connectivity index (χ2v) is 5.19. The topological polar surface area (TPSA) is 26.0 Å². The standard InChI is InChI=1S/C12H17NS/c13-9-8-12(6-7-12)10-14-11-4-2-1-3-5-11/h1-5H,6-10,13H2. The minimum Gasteiger partial charge on any atom is -0.330 e. The van der Waals surface area contributed by atoms with Gasteiger partial charge in [0.05, 0.1) is 0 Å². The largest absolute Gasteiger partial charge is 0.330 e. The Hall–Kier alpha value is -0.470. The smallest absolute Gasteiger partial charge is 0.00721 e. The third-order valence-corrected chi connectivity index (χ3v) is 4.28. The Bertz CT molecular complexity index is 280. The molecule has 0 unspecified atom stereocenters. The Morgan fingerprint density at radius 3 is 2.50 bits per heavy atom. The van der Waals surface area contributed by atoms with E-state index in [1.54, 1.807) is 0 Å². The van der Waals surface area contributed by atoms with E-state index < -0.39 is 0 Å². The molecule has 0 atom stereocenters. The van der Waals surface area contributed by atoms with Crippen molar-refractivity contribution in [3.63, 3.8) is 0 Å². The van der Waals surface area contributed by atoms with Crippen LogP contribution in [0.3, 0.4) is 0 Å². The lowest BCUT2D eigenvalue weighted by Crippen LogP contribution is -2.11. The van der Waals surface area contributed by atoms with E-state index in [1.165, 1.54) is 29.9 Å². The number of hydrogen-bond donors (Lipinski definition) is 1. The van der Waals surface area contributed by atoms with Crippen molar-refractivity contribution in [2.24, 2.45) is 11.1 Å². The summed E-state index contributed by atoms with van der Waals surface area (Å²) in [6.45, 7) is 0.843. The maximum Gasteiger partial charge on any atom is 0.00721 e. The van der Waals surface area contributed by atoms with Crippen LogP contribution in [-0.4, -0.2) is 12.3 Å². The molecular weight excluding hydrogens is 190 g/mol. The maximum absolute atomic E-state index is 5.61. The fourth-order valence-electron chi connectivity index (χ4n) is 1.70. The van der Waals surface area contributed by atoms with E-state index in [-0.39, 0.29) is 0 Å². The average Bonchev–Trinajstić information content (AvgIpc) is 2.98. The van der Waals surface area contributed by atoms with Crippen molar-refractivity contribution in [1.82, 2.24) is 0 Å². The second kappa shape index (κ2) is 4.37. The first-order valence-electron chi connectivity index (χ1n) is 5.23. The van der Waals surface area contributed by atoms with Crippen LogP contribution in [0.25, 0.3) is 0 Å². The van der Waals surface area contributed by atoms with Gasteiger partial charge in [-0.25, -0.2) is 0 Å². The van der Waals surface area contributed by atoms with Crippen LogP contribution in [0.1, 0.15) is 19.3 Å². The van der Waals surface area contributed by atoms with Crippen molar-refractivity contribution in [3.05, 3.63) is 30.3 Å². The highest BCUT2D eigenvalue weighted by molar-refractivity contribution is 7.99. The lowest BCUT2D eigenvalue weighted by Gasteiger charge is -2.12. The van der Waals surface area contributed by atoms with E-state index in [1.807, 2.05) is 11.8 Å². The summed E-state index contributed by atoms with van der Waals surface area (Å²) < 4.78 is 0. The van der Waals surface area contributed by atoms with Crippen molar-refractivity contribution >= 4 is 11.8 Å². The van der Waals surface area contributed by atoms with Gasteiger partial charge in [0, 0.05) is 10.6 Å². The molecule has 2 heteroatoms. The fraction of sp³-hybridized carbons (Fsp3) is 0.500. The van der Waals surface area contributed by atoms with Crippen molar-refractivity contribution in [2.75, 3.05) is 12.3 Å². The first kappa shape index (κ1) is 10.1. The number of rotatable bonds is 5. The van der Waals surface area contributed by atoms with Gasteiger partial charge in [-0.3, -0.25) is 0 Å². The predicted molar refractivity (Wildman–Crippen MR) is 62.5 cm³/mol. The van der Waals surface area contributed by atoms with Gasteiger partial charge in [-0.1, -0.05) is 18.2 Å². The maximum atomic E-state index is 5.61. The first-order valence-corrected chi connectivity index (χ1v) is 6.21. The third kappa shape index (κ3) is 2.52. The number of benzene rings is 1.